The Morgan fingerprint density at radius 1 is 1.38 bits per heavy atom. The molecule has 16 heavy (non-hydrogen) atoms. The lowest BCUT2D eigenvalue weighted by Crippen LogP contribution is -2.11. The first-order valence-corrected chi connectivity index (χ1v) is 5.41. The van der Waals surface area contributed by atoms with Gasteiger partial charge in [-0.25, -0.2) is 13.5 Å². The molecule has 0 aliphatic carbocycles. The van der Waals surface area contributed by atoms with Gasteiger partial charge >= 0.3 is 0 Å². The molecule has 0 atom stereocenters. The minimum absolute atomic E-state index is 0.0602. The Morgan fingerprint density at radius 3 is 2.56 bits per heavy atom. The quantitative estimate of drug-likeness (QED) is 0.815. The maximum atomic E-state index is 12.8. The third-order valence-corrected chi connectivity index (χ3v) is 2.32. The molecule has 1 aromatic rings. The summed E-state index contributed by atoms with van der Waals surface area (Å²) in [5, 5.41) is 10.4. The van der Waals surface area contributed by atoms with Gasteiger partial charge in [0.1, 0.15) is 11.4 Å². The van der Waals surface area contributed by atoms with Crippen LogP contribution in [0.5, 0.6) is 0 Å². The molecule has 92 valence electrons. The summed E-state index contributed by atoms with van der Waals surface area (Å²) in [4.78, 5) is 0. The van der Waals surface area contributed by atoms with Gasteiger partial charge in [-0.2, -0.15) is 0 Å². The molecule has 0 saturated carbocycles. The minimum atomic E-state index is -2.52. The number of alkyl halides is 2. The molecule has 0 radical (unpaired) electrons. The van der Waals surface area contributed by atoms with Gasteiger partial charge < -0.3 is 5.32 Å². The molecule has 0 bridgehead atoms. The van der Waals surface area contributed by atoms with E-state index in [0.717, 1.165) is 6.42 Å². The zero-order valence-corrected chi connectivity index (χ0v) is 9.87. The van der Waals surface area contributed by atoms with Gasteiger partial charge in [-0.05, 0) is 19.4 Å². The topological polar surface area (TPSA) is 42.7 Å². The number of hydrogen-bond acceptors (Lipinski definition) is 3. The van der Waals surface area contributed by atoms with Gasteiger partial charge in [0.05, 0.1) is 0 Å². The molecule has 4 nitrogen and oxygen atoms in total. The van der Waals surface area contributed by atoms with Crippen molar-refractivity contribution < 1.29 is 8.78 Å². The van der Waals surface area contributed by atoms with Crippen molar-refractivity contribution in [3.63, 3.8) is 0 Å². The lowest BCUT2D eigenvalue weighted by molar-refractivity contribution is 0.137. The van der Waals surface area contributed by atoms with Crippen molar-refractivity contribution in [2.24, 2.45) is 5.92 Å². The summed E-state index contributed by atoms with van der Waals surface area (Å²) in [6.07, 6.45) is -1.70. The lowest BCUT2D eigenvalue weighted by atomic mass is 10.1. The van der Waals surface area contributed by atoms with Crippen molar-refractivity contribution in [3.8, 4) is 0 Å². The number of aromatic nitrogens is 3. The molecule has 0 aliphatic rings. The first kappa shape index (κ1) is 13.0. The van der Waals surface area contributed by atoms with Crippen LogP contribution in [0.2, 0.25) is 0 Å². The lowest BCUT2D eigenvalue weighted by Gasteiger charge is -2.08. The summed E-state index contributed by atoms with van der Waals surface area (Å²) in [7, 11) is 1.70. The van der Waals surface area contributed by atoms with Crippen molar-refractivity contribution in [2.75, 3.05) is 7.05 Å². The monoisotopic (exact) mass is 232 g/mol. The Morgan fingerprint density at radius 2 is 2.06 bits per heavy atom. The molecule has 1 aromatic heterocycles. The van der Waals surface area contributed by atoms with Crippen LogP contribution in [0.15, 0.2) is 0 Å². The van der Waals surface area contributed by atoms with Gasteiger partial charge in [-0.3, -0.25) is 0 Å². The molecule has 1 rings (SSSR count). The fourth-order valence-electron chi connectivity index (χ4n) is 1.43. The number of aryl methyl sites for hydroxylation is 1. The summed E-state index contributed by atoms with van der Waals surface area (Å²) in [5.41, 5.74) is 0.274. The second kappa shape index (κ2) is 5.89. The van der Waals surface area contributed by atoms with Crippen molar-refractivity contribution in [1.82, 2.24) is 20.3 Å². The van der Waals surface area contributed by atoms with Crippen LogP contribution in [-0.4, -0.2) is 22.0 Å². The summed E-state index contributed by atoms with van der Waals surface area (Å²) >= 11 is 0. The highest BCUT2D eigenvalue weighted by Gasteiger charge is 2.20. The molecule has 1 N–H and O–H groups in total. The van der Waals surface area contributed by atoms with Gasteiger partial charge in [-0.15, -0.1) is 5.10 Å². The molecule has 0 amide bonds. The summed E-state index contributed by atoms with van der Waals surface area (Å²) in [6.45, 7) is 4.91. The van der Waals surface area contributed by atoms with Gasteiger partial charge in [0.15, 0.2) is 0 Å². The highest BCUT2D eigenvalue weighted by molar-refractivity contribution is 5.11. The predicted molar refractivity (Wildman–Crippen MR) is 57.2 cm³/mol. The van der Waals surface area contributed by atoms with E-state index in [9.17, 15) is 8.78 Å². The van der Waals surface area contributed by atoms with Gasteiger partial charge in [-0.1, -0.05) is 19.1 Å². The second-order valence-corrected chi connectivity index (χ2v) is 4.16. The molecule has 6 heteroatoms. The molecule has 1 heterocycles. The van der Waals surface area contributed by atoms with Gasteiger partial charge in [0.2, 0.25) is 0 Å². The van der Waals surface area contributed by atoms with Gasteiger partial charge in [0, 0.05) is 13.1 Å². The second-order valence-electron chi connectivity index (χ2n) is 4.16. The Hall–Kier alpha value is -1.04. The maximum absolute atomic E-state index is 12.8. The first-order chi connectivity index (χ1) is 7.56. The van der Waals surface area contributed by atoms with Crippen LogP contribution in [-0.2, 0) is 13.1 Å². The Bertz CT molecular complexity index is 323. The van der Waals surface area contributed by atoms with Gasteiger partial charge in [0.25, 0.3) is 6.43 Å². The van der Waals surface area contributed by atoms with Crippen LogP contribution in [0, 0.1) is 5.92 Å². The molecule has 0 aliphatic heterocycles. The average Bonchev–Trinajstić information content (AvgIpc) is 2.58. The molecule has 0 unspecified atom stereocenters. The van der Waals surface area contributed by atoms with Crippen LogP contribution >= 0.6 is 0 Å². The van der Waals surface area contributed by atoms with E-state index in [1.54, 1.807) is 7.05 Å². The van der Waals surface area contributed by atoms with Crippen LogP contribution in [0.1, 0.15) is 38.1 Å². The molecule has 0 saturated heterocycles. The normalized spacial score (nSPS) is 11.7. The Labute approximate surface area is 94.0 Å². The standard InChI is InChI=1S/C10H18F2N4/c1-7(2)4-5-16-9(10(11)12)8(6-13-3)14-15-16/h7,10,13H,4-6H2,1-3H3. The first-order valence-electron chi connectivity index (χ1n) is 5.41. The number of nitrogens with one attached hydrogen (secondary N) is 1. The van der Waals surface area contributed by atoms with Crippen molar-refractivity contribution in [1.29, 1.82) is 0 Å². The summed E-state index contributed by atoms with van der Waals surface area (Å²) < 4.78 is 27.0. The van der Waals surface area contributed by atoms with E-state index in [4.69, 9.17) is 0 Å². The molecule has 0 fully saturated rings. The third-order valence-electron chi connectivity index (χ3n) is 2.32. The number of rotatable bonds is 6. The SMILES string of the molecule is CNCc1nnn(CCC(C)C)c1C(F)F. The Kier molecular flexibility index (Phi) is 4.79. The van der Waals surface area contributed by atoms with Crippen molar-refractivity contribution in [3.05, 3.63) is 11.4 Å². The Balaban J connectivity index is 2.82. The highest BCUT2D eigenvalue weighted by Crippen LogP contribution is 2.21. The van der Waals surface area contributed by atoms with E-state index < -0.39 is 6.43 Å². The smallest absolute Gasteiger partial charge is 0.281 e. The summed E-state index contributed by atoms with van der Waals surface area (Å²) in [6, 6.07) is 0. The molecule has 0 spiro atoms. The zero-order chi connectivity index (χ0) is 12.1. The van der Waals surface area contributed by atoms with Crippen LogP contribution in [0.4, 0.5) is 8.78 Å². The van der Waals surface area contributed by atoms with Crippen molar-refractivity contribution in [2.45, 2.75) is 39.8 Å². The number of hydrogen-bond donors (Lipinski definition) is 1. The number of halogens is 2. The maximum Gasteiger partial charge on any atom is 0.281 e. The average molecular weight is 232 g/mol. The highest BCUT2D eigenvalue weighted by atomic mass is 19.3. The fraction of sp³-hybridized carbons (Fsp3) is 0.800. The predicted octanol–water partition coefficient (Wildman–Crippen LogP) is 1.98. The van der Waals surface area contributed by atoms with Crippen LogP contribution in [0.3, 0.4) is 0 Å². The number of nitrogens with zero attached hydrogens (tertiary/aromatic N) is 3. The van der Waals surface area contributed by atoms with Crippen molar-refractivity contribution >= 4 is 0 Å². The van der Waals surface area contributed by atoms with E-state index in [2.05, 4.69) is 15.6 Å². The van der Waals surface area contributed by atoms with Crippen LogP contribution in [0.25, 0.3) is 0 Å². The van der Waals surface area contributed by atoms with E-state index >= 15 is 0 Å². The van der Waals surface area contributed by atoms with E-state index in [1.807, 2.05) is 13.8 Å². The molecular weight excluding hydrogens is 214 g/mol. The minimum Gasteiger partial charge on any atom is -0.314 e. The van der Waals surface area contributed by atoms with Crippen LogP contribution < -0.4 is 5.32 Å². The van der Waals surface area contributed by atoms with E-state index in [0.29, 0.717) is 24.7 Å². The summed E-state index contributed by atoms with van der Waals surface area (Å²) in [5.74, 6) is 0.461. The fourth-order valence-corrected chi connectivity index (χ4v) is 1.43. The molecular formula is C10H18F2N4. The van der Waals surface area contributed by atoms with E-state index in [-0.39, 0.29) is 5.69 Å². The molecule has 0 aromatic carbocycles. The third kappa shape index (κ3) is 3.23. The van der Waals surface area contributed by atoms with E-state index in [1.165, 1.54) is 4.68 Å². The largest absolute Gasteiger partial charge is 0.314 e. The zero-order valence-electron chi connectivity index (χ0n) is 9.87.